The average Bonchev–Trinajstić information content (AvgIpc) is 2.12. The number of hydrogen-bond acceptors (Lipinski definition) is 3. The Morgan fingerprint density at radius 3 is 2.38 bits per heavy atom. The lowest BCUT2D eigenvalue weighted by Gasteiger charge is -2.11. The van der Waals surface area contributed by atoms with Gasteiger partial charge in [0.25, 0.3) is 0 Å². The normalized spacial score (nSPS) is 14.4. The van der Waals surface area contributed by atoms with Crippen LogP contribution in [0.25, 0.3) is 0 Å². The Bertz CT molecular complexity index is 212. The molecule has 0 aromatic carbocycles. The highest BCUT2D eigenvalue weighted by Crippen LogP contribution is 1.99. The lowest BCUT2D eigenvalue weighted by atomic mass is 10.3. The molecule has 0 radical (unpaired) electrons. The van der Waals surface area contributed by atoms with E-state index in [0.29, 0.717) is 6.54 Å². The molecule has 0 aromatic heterocycles. The van der Waals surface area contributed by atoms with Crippen LogP contribution in [0.3, 0.4) is 0 Å². The highest BCUT2D eigenvalue weighted by Gasteiger charge is 2.17. The molecular weight excluding hydrogens is 186 g/mol. The van der Waals surface area contributed by atoms with Crippen LogP contribution >= 0.6 is 0 Å². The van der Waals surface area contributed by atoms with Gasteiger partial charge in [-0.2, -0.15) is 0 Å². The summed E-state index contributed by atoms with van der Waals surface area (Å²) >= 11 is 0. The van der Waals surface area contributed by atoms with E-state index in [1.807, 2.05) is 0 Å². The third-order valence-corrected chi connectivity index (χ3v) is 4.35. The van der Waals surface area contributed by atoms with Crippen molar-refractivity contribution in [3.05, 3.63) is 0 Å². The molecule has 0 amide bonds. The van der Waals surface area contributed by atoms with Crippen molar-refractivity contribution >= 4 is 9.84 Å². The van der Waals surface area contributed by atoms with Gasteiger partial charge in [0.15, 0.2) is 9.84 Å². The van der Waals surface area contributed by atoms with Crippen LogP contribution in [0.4, 0.5) is 0 Å². The third-order valence-electron chi connectivity index (χ3n) is 2.15. The highest BCUT2D eigenvalue weighted by molar-refractivity contribution is 7.92. The standard InChI is InChI=1S/C9H21NO2S/c1-4-6-7-10-8-9(3)13(11,12)5-2/h9-10H,4-8H2,1-3H3. The predicted molar refractivity (Wildman–Crippen MR) is 56.7 cm³/mol. The summed E-state index contributed by atoms with van der Waals surface area (Å²) in [6, 6.07) is 0. The van der Waals surface area contributed by atoms with E-state index in [4.69, 9.17) is 0 Å². The number of nitrogens with one attached hydrogen (secondary N) is 1. The van der Waals surface area contributed by atoms with Crippen molar-refractivity contribution in [2.45, 2.75) is 38.9 Å². The van der Waals surface area contributed by atoms with Crippen LogP contribution in [0, 0.1) is 0 Å². The molecule has 0 aliphatic rings. The summed E-state index contributed by atoms with van der Waals surface area (Å²) in [6.07, 6.45) is 2.25. The second kappa shape index (κ2) is 6.38. The Morgan fingerprint density at radius 1 is 1.31 bits per heavy atom. The molecule has 0 bridgehead atoms. The summed E-state index contributed by atoms with van der Waals surface area (Å²) in [5, 5.41) is 2.89. The first-order chi connectivity index (χ1) is 6.04. The minimum atomic E-state index is -2.85. The van der Waals surface area contributed by atoms with Crippen LogP contribution in [-0.4, -0.2) is 32.5 Å². The van der Waals surface area contributed by atoms with Crippen LogP contribution in [0.1, 0.15) is 33.6 Å². The zero-order valence-corrected chi connectivity index (χ0v) is 9.65. The predicted octanol–water partition coefficient (Wildman–Crippen LogP) is 1.20. The molecule has 0 saturated heterocycles. The molecule has 1 atom stereocenters. The maximum Gasteiger partial charge on any atom is 0.153 e. The SMILES string of the molecule is CCCCNCC(C)S(=O)(=O)CC. The number of hydrogen-bond donors (Lipinski definition) is 1. The van der Waals surface area contributed by atoms with Gasteiger partial charge >= 0.3 is 0 Å². The molecule has 4 heteroatoms. The van der Waals surface area contributed by atoms with E-state index in [1.165, 1.54) is 0 Å². The van der Waals surface area contributed by atoms with Gasteiger partial charge in [-0.15, -0.1) is 0 Å². The molecule has 3 nitrogen and oxygen atoms in total. The number of sulfone groups is 1. The fourth-order valence-corrected chi connectivity index (χ4v) is 1.96. The van der Waals surface area contributed by atoms with Crippen LogP contribution in [0.2, 0.25) is 0 Å². The van der Waals surface area contributed by atoms with Crippen molar-refractivity contribution in [1.82, 2.24) is 5.32 Å². The van der Waals surface area contributed by atoms with Crippen LogP contribution in [0.5, 0.6) is 0 Å². The second-order valence-corrected chi connectivity index (χ2v) is 6.03. The molecule has 80 valence electrons. The lowest BCUT2D eigenvalue weighted by Crippen LogP contribution is -2.32. The third kappa shape index (κ3) is 5.26. The largest absolute Gasteiger partial charge is 0.315 e. The van der Waals surface area contributed by atoms with Crippen molar-refractivity contribution in [3.63, 3.8) is 0 Å². The minimum absolute atomic E-state index is 0.240. The van der Waals surface area contributed by atoms with E-state index in [2.05, 4.69) is 12.2 Å². The minimum Gasteiger partial charge on any atom is -0.315 e. The monoisotopic (exact) mass is 207 g/mol. The average molecular weight is 207 g/mol. The molecule has 0 aliphatic heterocycles. The molecule has 0 spiro atoms. The molecule has 0 fully saturated rings. The summed E-state index contributed by atoms with van der Waals surface area (Å²) in [6.45, 7) is 7.07. The van der Waals surface area contributed by atoms with Gasteiger partial charge in [-0.25, -0.2) is 8.42 Å². The quantitative estimate of drug-likeness (QED) is 0.638. The molecule has 13 heavy (non-hydrogen) atoms. The van der Waals surface area contributed by atoms with Gasteiger partial charge < -0.3 is 5.32 Å². The van der Waals surface area contributed by atoms with Crippen molar-refractivity contribution in [3.8, 4) is 0 Å². The number of rotatable bonds is 7. The van der Waals surface area contributed by atoms with Crippen molar-refractivity contribution in [1.29, 1.82) is 0 Å². The molecule has 0 saturated carbocycles. The van der Waals surface area contributed by atoms with E-state index in [0.717, 1.165) is 19.4 Å². The smallest absolute Gasteiger partial charge is 0.153 e. The van der Waals surface area contributed by atoms with Gasteiger partial charge in [0.2, 0.25) is 0 Å². The van der Waals surface area contributed by atoms with E-state index >= 15 is 0 Å². The summed E-state index contributed by atoms with van der Waals surface area (Å²) < 4.78 is 22.6. The lowest BCUT2D eigenvalue weighted by molar-refractivity contribution is 0.568. The van der Waals surface area contributed by atoms with E-state index in [9.17, 15) is 8.42 Å². The molecule has 0 aliphatic carbocycles. The first-order valence-electron chi connectivity index (χ1n) is 4.96. The molecule has 0 aromatic rings. The summed E-state index contributed by atoms with van der Waals surface area (Å²) in [7, 11) is -2.85. The van der Waals surface area contributed by atoms with E-state index in [1.54, 1.807) is 13.8 Å². The Balaban J connectivity index is 3.69. The number of unbranched alkanes of at least 4 members (excludes halogenated alkanes) is 1. The fraction of sp³-hybridized carbons (Fsp3) is 1.00. The summed E-state index contributed by atoms with van der Waals surface area (Å²) in [5.41, 5.74) is 0. The Labute approximate surface area is 81.8 Å². The first kappa shape index (κ1) is 12.9. The molecule has 0 heterocycles. The Morgan fingerprint density at radius 2 is 1.92 bits per heavy atom. The summed E-state index contributed by atoms with van der Waals surface area (Å²) in [5.74, 6) is 0.240. The van der Waals surface area contributed by atoms with Crippen LogP contribution < -0.4 is 5.32 Å². The van der Waals surface area contributed by atoms with Gasteiger partial charge in [0, 0.05) is 12.3 Å². The van der Waals surface area contributed by atoms with Crippen molar-refractivity contribution in [2.24, 2.45) is 0 Å². The first-order valence-corrected chi connectivity index (χ1v) is 6.68. The fourth-order valence-electron chi connectivity index (χ4n) is 1.02. The van der Waals surface area contributed by atoms with E-state index < -0.39 is 9.84 Å². The zero-order chi connectivity index (χ0) is 10.3. The highest BCUT2D eigenvalue weighted by atomic mass is 32.2. The molecule has 0 rings (SSSR count). The van der Waals surface area contributed by atoms with Gasteiger partial charge in [-0.1, -0.05) is 20.3 Å². The van der Waals surface area contributed by atoms with Crippen molar-refractivity contribution < 1.29 is 8.42 Å². The van der Waals surface area contributed by atoms with Gasteiger partial charge in [0.05, 0.1) is 5.25 Å². The Hall–Kier alpha value is -0.0900. The van der Waals surface area contributed by atoms with E-state index in [-0.39, 0.29) is 11.0 Å². The van der Waals surface area contributed by atoms with Crippen molar-refractivity contribution in [2.75, 3.05) is 18.8 Å². The maximum atomic E-state index is 11.3. The molecule has 1 N–H and O–H groups in total. The molecule has 1 unspecified atom stereocenters. The molecular formula is C9H21NO2S. The second-order valence-electron chi connectivity index (χ2n) is 3.32. The summed E-state index contributed by atoms with van der Waals surface area (Å²) in [4.78, 5) is 0. The van der Waals surface area contributed by atoms with Crippen LogP contribution in [0.15, 0.2) is 0 Å². The topological polar surface area (TPSA) is 46.2 Å². The van der Waals surface area contributed by atoms with Crippen LogP contribution in [-0.2, 0) is 9.84 Å². The maximum absolute atomic E-state index is 11.3. The zero-order valence-electron chi connectivity index (χ0n) is 8.84. The van der Waals surface area contributed by atoms with Gasteiger partial charge in [-0.05, 0) is 19.9 Å². The van der Waals surface area contributed by atoms with Gasteiger partial charge in [0.1, 0.15) is 0 Å². The Kier molecular flexibility index (Phi) is 6.33. The van der Waals surface area contributed by atoms with Gasteiger partial charge in [-0.3, -0.25) is 0 Å².